The topological polar surface area (TPSA) is 89.6 Å². The summed E-state index contributed by atoms with van der Waals surface area (Å²) in [6, 6.07) is 8.84. The number of aryl methyl sites for hydroxylation is 2. The highest BCUT2D eigenvalue weighted by atomic mass is 16.6. The summed E-state index contributed by atoms with van der Waals surface area (Å²) in [5.74, 6) is 0.880. The summed E-state index contributed by atoms with van der Waals surface area (Å²) in [7, 11) is 0. The number of cyclic esters (lactones) is 1. The Morgan fingerprint density at radius 2 is 2.08 bits per heavy atom. The maximum Gasteiger partial charge on any atom is 0.407 e. The van der Waals surface area contributed by atoms with Crippen LogP contribution < -0.4 is 15.4 Å². The number of nitrogens with zero attached hydrogens (tertiary/aromatic N) is 1. The van der Waals surface area contributed by atoms with E-state index in [-0.39, 0.29) is 19.1 Å². The third kappa shape index (κ3) is 3.88. The number of hydrogen-bond acceptors (Lipinski definition) is 5. The van der Waals surface area contributed by atoms with Gasteiger partial charge in [-0.1, -0.05) is 24.3 Å². The fourth-order valence-electron chi connectivity index (χ4n) is 2.54. The Morgan fingerprint density at radius 3 is 2.76 bits per heavy atom. The highest BCUT2D eigenvalue weighted by Gasteiger charge is 2.28. The van der Waals surface area contributed by atoms with Gasteiger partial charge in [-0.2, -0.15) is 0 Å². The Labute approximate surface area is 145 Å². The summed E-state index contributed by atoms with van der Waals surface area (Å²) in [4.78, 5) is 27.4. The number of hydrogen-bond donors (Lipinski definition) is 2. The van der Waals surface area contributed by atoms with Crippen molar-refractivity contribution < 1.29 is 19.1 Å². The summed E-state index contributed by atoms with van der Waals surface area (Å²) in [6.45, 7) is 4.20. The molecule has 0 bridgehead atoms. The predicted molar refractivity (Wildman–Crippen MR) is 90.3 cm³/mol. The molecular weight excluding hydrogens is 322 g/mol. The minimum atomic E-state index is -0.674. The molecule has 1 aliphatic heterocycles. The minimum Gasteiger partial charge on any atom is -0.447 e. The quantitative estimate of drug-likeness (QED) is 0.870. The van der Waals surface area contributed by atoms with E-state index in [1.165, 1.54) is 0 Å². The Balaban J connectivity index is 1.71. The summed E-state index contributed by atoms with van der Waals surface area (Å²) >= 11 is 0. The Morgan fingerprint density at radius 1 is 1.32 bits per heavy atom. The Hall–Kier alpha value is -3.09. The zero-order chi connectivity index (χ0) is 17.8. The summed E-state index contributed by atoms with van der Waals surface area (Å²) in [5, 5.41) is 5.20. The first-order valence-corrected chi connectivity index (χ1v) is 7.93. The number of rotatable bonds is 5. The van der Waals surface area contributed by atoms with Gasteiger partial charge in [0.15, 0.2) is 0 Å². The first-order chi connectivity index (χ1) is 12.0. The number of pyridine rings is 1. The molecule has 1 fully saturated rings. The highest BCUT2D eigenvalue weighted by Crippen LogP contribution is 2.29. The fourth-order valence-corrected chi connectivity index (χ4v) is 2.54. The van der Waals surface area contributed by atoms with Gasteiger partial charge in [-0.15, -0.1) is 0 Å². The predicted octanol–water partition coefficient (Wildman–Crippen LogP) is 2.22. The first-order valence-electron chi connectivity index (χ1n) is 7.93. The lowest BCUT2D eigenvalue weighted by atomic mass is 10.1. The summed E-state index contributed by atoms with van der Waals surface area (Å²) in [6.07, 6.45) is 1.06. The molecule has 0 saturated carbocycles. The van der Waals surface area contributed by atoms with Crippen LogP contribution >= 0.6 is 0 Å². The number of aromatic nitrogens is 1. The van der Waals surface area contributed by atoms with Crippen molar-refractivity contribution in [2.75, 3.05) is 6.61 Å². The molecule has 1 aliphatic rings. The molecule has 1 aromatic heterocycles. The molecule has 3 rings (SSSR count). The van der Waals surface area contributed by atoms with Crippen molar-refractivity contribution in [3.63, 3.8) is 0 Å². The van der Waals surface area contributed by atoms with Gasteiger partial charge in [-0.25, -0.2) is 9.78 Å². The lowest BCUT2D eigenvalue weighted by Crippen LogP contribution is -2.42. The molecule has 0 radical (unpaired) electrons. The Kier molecular flexibility index (Phi) is 4.83. The molecule has 0 spiro atoms. The molecule has 130 valence electrons. The largest absolute Gasteiger partial charge is 0.447 e. The number of nitrogens with one attached hydrogen (secondary N) is 2. The van der Waals surface area contributed by atoms with Gasteiger partial charge in [0, 0.05) is 18.3 Å². The second-order valence-corrected chi connectivity index (χ2v) is 5.80. The lowest BCUT2D eigenvalue weighted by Gasteiger charge is -2.14. The number of carbonyl (C=O) groups is 2. The average molecular weight is 341 g/mol. The zero-order valence-corrected chi connectivity index (χ0v) is 14.0. The van der Waals surface area contributed by atoms with Crippen molar-refractivity contribution in [2.45, 2.75) is 26.4 Å². The number of benzene rings is 1. The fraction of sp³-hybridized carbons (Fsp3) is 0.278. The summed E-state index contributed by atoms with van der Waals surface area (Å²) < 4.78 is 10.7. The van der Waals surface area contributed by atoms with Crippen LogP contribution in [-0.2, 0) is 16.1 Å². The van der Waals surface area contributed by atoms with Gasteiger partial charge in [0.25, 0.3) is 0 Å². The van der Waals surface area contributed by atoms with Crippen molar-refractivity contribution in [3.8, 4) is 11.6 Å². The van der Waals surface area contributed by atoms with Crippen LogP contribution in [0.3, 0.4) is 0 Å². The van der Waals surface area contributed by atoms with Gasteiger partial charge >= 0.3 is 6.09 Å². The van der Waals surface area contributed by atoms with Crippen LogP contribution in [0, 0.1) is 13.8 Å². The molecule has 2 aromatic rings. The molecule has 2 N–H and O–H groups in total. The van der Waals surface area contributed by atoms with Crippen molar-refractivity contribution in [2.24, 2.45) is 0 Å². The zero-order valence-electron chi connectivity index (χ0n) is 14.0. The van der Waals surface area contributed by atoms with Crippen LogP contribution in [0.15, 0.2) is 36.5 Å². The molecule has 7 heteroatoms. The SMILES string of the molecule is Cc1cccc(C)c1Oc1ncccc1CNC(=O)[C@@H]1COC(=O)N1. The van der Waals surface area contributed by atoms with Crippen molar-refractivity contribution in [3.05, 3.63) is 53.2 Å². The third-order valence-electron chi connectivity index (χ3n) is 3.90. The van der Waals surface area contributed by atoms with Gasteiger partial charge in [0.2, 0.25) is 11.8 Å². The van der Waals surface area contributed by atoms with Crippen LogP contribution in [0.4, 0.5) is 4.79 Å². The van der Waals surface area contributed by atoms with E-state index in [9.17, 15) is 9.59 Å². The number of para-hydroxylation sites is 1. The normalized spacial score (nSPS) is 16.1. The van der Waals surface area contributed by atoms with Crippen LogP contribution in [0.5, 0.6) is 11.6 Å². The van der Waals surface area contributed by atoms with Gasteiger partial charge in [0.1, 0.15) is 18.4 Å². The molecule has 0 unspecified atom stereocenters. The van der Waals surface area contributed by atoms with Crippen LogP contribution in [0.2, 0.25) is 0 Å². The second kappa shape index (κ2) is 7.21. The minimum absolute atomic E-state index is 0.0312. The number of carbonyl (C=O) groups excluding carboxylic acids is 2. The molecule has 1 saturated heterocycles. The van der Waals surface area contributed by atoms with Crippen LogP contribution in [0.25, 0.3) is 0 Å². The van der Waals surface area contributed by atoms with Crippen molar-refractivity contribution in [1.29, 1.82) is 0 Å². The number of amides is 2. The molecule has 2 heterocycles. The van der Waals surface area contributed by atoms with Gasteiger partial charge in [-0.3, -0.25) is 4.79 Å². The maximum absolute atomic E-state index is 12.1. The number of ether oxygens (including phenoxy) is 2. The smallest absolute Gasteiger partial charge is 0.407 e. The van der Waals surface area contributed by atoms with E-state index >= 15 is 0 Å². The molecule has 0 aliphatic carbocycles. The molecular formula is C18H19N3O4. The standard InChI is InChI=1S/C18H19N3O4/c1-11-5-3-6-12(2)15(11)25-17-13(7-4-8-19-17)9-20-16(22)14-10-24-18(23)21-14/h3-8,14H,9-10H2,1-2H3,(H,20,22)(H,21,23)/t14-/m0/s1. The second-order valence-electron chi connectivity index (χ2n) is 5.80. The third-order valence-corrected chi connectivity index (χ3v) is 3.90. The van der Waals surface area contributed by atoms with Gasteiger partial charge < -0.3 is 20.1 Å². The monoisotopic (exact) mass is 341 g/mol. The van der Waals surface area contributed by atoms with E-state index in [1.807, 2.05) is 38.1 Å². The summed E-state index contributed by atoms with van der Waals surface area (Å²) in [5.41, 5.74) is 2.75. The van der Waals surface area contributed by atoms with E-state index in [1.54, 1.807) is 12.3 Å². The van der Waals surface area contributed by atoms with E-state index in [0.29, 0.717) is 5.88 Å². The lowest BCUT2D eigenvalue weighted by molar-refractivity contribution is -0.123. The molecule has 7 nitrogen and oxygen atoms in total. The first kappa shape index (κ1) is 16.8. The van der Waals surface area contributed by atoms with Crippen molar-refractivity contribution in [1.82, 2.24) is 15.6 Å². The van der Waals surface area contributed by atoms with Crippen molar-refractivity contribution >= 4 is 12.0 Å². The van der Waals surface area contributed by atoms with E-state index in [2.05, 4.69) is 15.6 Å². The van der Waals surface area contributed by atoms with Crippen LogP contribution in [0.1, 0.15) is 16.7 Å². The molecule has 2 amide bonds. The van der Waals surface area contributed by atoms with E-state index in [0.717, 1.165) is 22.4 Å². The average Bonchev–Trinajstić information content (AvgIpc) is 3.03. The van der Waals surface area contributed by atoms with Crippen LogP contribution in [-0.4, -0.2) is 29.6 Å². The van der Waals surface area contributed by atoms with Gasteiger partial charge in [0.05, 0.1) is 0 Å². The highest BCUT2D eigenvalue weighted by molar-refractivity contribution is 5.87. The molecule has 25 heavy (non-hydrogen) atoms. The molecule has 1 atom stereocenters. The maximum atomic E-state index is 12.1. The Bertz CT molecular complexity index is 786. The number of alkyl carbamates (subject to hydrolysis) is 1. The van der Waals surface area contributed by atoms with Gasteiger partial charge in [-0.05, 0) is 31.0 Å². The van der Waals surface area contributed by atoms with E-state index < -0.39 is 12.1 Å². The van der Waals surface area contributed by atoms with E-state index in [4.69, 9.17) is 9.47 Å². The molecule has 1 aromatic carbocycles.